The summed E-state index contributed by atoms with van der Waals surface area (Å²) in [7, 11) is 0. The van der Waals surface area contributed by atoms with Crippen molar-refractivity contribution in [1.82, 2.24) is 5.32 Å². The summed E-state index contributed by atoms with van der Waals surface area (Å²) in [6.07, 6.45) is 2.68. The van der Waals surface area contributed by atoms with Crippen LogP contribution < -0.4 is 11.1 Å². The number of carbonyl (C=O) groups is 1. The van der Waals surface area contributed by atoms with E-state index in [2.05, 4.69) is 5.32 Å². The van der Waals surface area contributed by atoms with Gasteiger partial charge >= 0.3 is 0 Å². The van der Waals surface area contributed by atoms with Gasteiger partial charge in [-0.2, -0.15) is 11.8 Å². The van der Waals surface area contributed by atoms with Crippen molar-refractivity contribution < 1.29 is 4.79 Å². The lowest BCUT2D eigenvalue weighted by Gasteiger charge is -2.18. The number of nitrogens with two attached hydrogens (primary N) is 1. The van der Waals surface area contributed by atoms with Crippen LogP contribution in [-0.4, -0.2) is 24.0 Å². The van der Waals surface area contributed by atoms with Crippen molar-refractivity contribution >= 4 is 29.3 Å². The third kappa shape index (κ3) is 4.52. The van der Waals surface area contributed by atoms with Gasteiger partial charge in [0.05, 0.1) is 12.1 Å². The molecule has 3 nitrogen and oxygen atoms in total. The standard InChI is InChI=1S/C13H19ClN2OS/c1-9(10-5-3-4-6-11(10)14)16-13(17)12(15)7-8-18-2/h3-6,9,12H,7-8,15H2,1-2H3,(H,16,17)/t9-,12+/m0/s1. The number of nitrogens with one attached hydrogen (secondary N) is 1. The number of rotatable bonds is 6. The van der Waals surface area contributed by atoms with E-state index < -0.39 is 6.04 Å². The van der Waals surface area contributed by atoms with Crippen LogP contribution in [0, 0.1) is 0 Å². The molecule has 0 aromatic heterocycles. The molecule has 1 aromatic rings. The lowest BCUT2D eigenvalue weighted by atomic mass is 10.1. The van der Waals surface area contributed by atoms with Crippen LogP contribution in [-0.2, 0) is 4.79 Å². The molecule has 0 heterocycles. The molecule has 5 heteroatoms. The molecule has 1 aromatic carbocycles. The molecular weight excluding hydrogens is 268 g/mol. The number of hydrogen-bond donors (Lipinski definition) is 2. The van der Waals surface area contributed by atoms with Crippen molar-refractivity contribution in [2.75, 3.05) is 12.0 Å². The molecule has 3 N–H and O–H groups in total. The van der Waals surface area contributed by atoms with Crippen LogP contribution in [0.15, 0.2) is 24.3 Å². The van der Waals surface area contributed by atoms with Gasteiger partial charge in [0.15, 0.2) is 0 Å². The number of halogens is 1. The SMILES string of the molecule is CSCC[C@@H](N)C(=O)N[C@@H](C)c1ccccc1Cl. The molecule has 1 amide bonds. The van der Waals surface area contributed by atoms with Gasteiger partial charge in [0.25, 0.3) is 0 Å². The summed E-state index contributed by atoms with van der Waals surface area (Å²) in [5.74, 6) is 0.756. The van der Waals surface area contributed by atoms with E-state index in [9.17, 15) is 4.79 Å². The van der Waals surface area contributed by atoms with Crippen molar-refractivity contribution in [1.29, 1.82) is 0 Å². The normalized spacial score (nSPS) is 14.0. The second-order valence-electron chi connectivity index (χ2n) is 4.14. The van der Waals surface area contributed by atoms with Gasteiger partial charge in [0, 0.05) is 5.02 Å². The van der Waals surface area contributed by atoms with Crippen molar-refractivity contribution in [3.05, 3.63) is 34.9 Å². The van der Waals surface area contributed by atoms with Gasteiger partial charge in [-0.25, -0.2) is 0 Å². The molecule has 2 atom stereocenters. The quantitative estimate of drug-likeness (QED) is 0.845. The van der Waals surface area contributed by atoms with Crippen LogP contribution in [0.1, 0.15) is 24.9 Å². The maximum Gasteiger partial charge on any atom is 0.237 e. The Morgan fingerprint density at radius 1 is 1.50 bits per heavy atom. The van der Waals surface area contributed by atoms with E-state index in [1.165, 1.54) is 0 Å². The average Bonchev–Trinajstić information content (AvgIpc) is 2.36. The molecule has 0 aliphatic rings. The monoisotopic (exact) mass is 286 g/mol. The Labute approximate surface area is 117 Å². The summed E-state index contributed by atoms with van der Waals surface area (Å²) in [5.41, 5.74) is 6.72. The average molecular weight is 287 g/mol. The molecule has 0 fully saturated rings. The van der Waals surface area contributed by atoms with Crippen molar-refractivity contribution in [3.63, 3.8) is 0 Å². The maximum absolute atomic E-state index is 11.9. The Hall–Kier alpha value is -0.710. The molecule has 0 radical (unpaired) electrons. The Morgan fingerprint density at radius 2 is 2.17 bits per heavy atom. The Morgan fingerprint density at radius 3 is 2.78 bits per heavy atom. The third-order valence-electron chi connectivity index (χ3n) is 2.70. The zero-order valence-corrected chi connectivity index (χ0v) is 12.2. The van der Waals surface area contributed by atoms with E-state index in [1.807, 2.05) is 37.4 Å². The molecule has 0 aliphatic heterocycles. The van der Waals surface area contributed by atoms with E-state index >= 15 is 0 Å². The first-order valence-electron chi connectivity index (χ1n) is 5.85. The molecule has 0 unspecified atom stereocenters. The van der Waals surface area contributed by atoms with E-state index in [-0.39, 0.29) is 11.9 Å². The minimum absolute atomic E-state index is 0.128. The largest absolute Gasteiger partial charge is 0.348 e. The van der Waals surface area contributed by atoms with Crippen LogP contribution in [0.25, 0.3) is 0 Å². The van der Waals surface area contributed by atoms with Crippen LogP contribution >= 0.6 is 23.4 Å². The summed E-state index contributed by atoms with van der Waals surface area (Å²) >= 11 is 7.76. The molecule has 0 spiro atoms. The van der Waals surface area contributed by atoms with Crippen LogP contribution in [0.4, 0.5) is 0 Å². The third-order valence-corrected chi connectivity index (χ3v) is 3.69. The topological polar surface area (TPSA) is 55.1 Å². The van der Waals surface area contributed by atoms with Crippen molar-refractivity contribution in [2.24, 2.45) is 5.73 Å². The first-order valence-corrected chi connectivity index (χ1v) is 7.62. The number of hydrogen-bond acceptors (Lipinski definition) is 3. The predicted octanol–water partition coefficient (Wildman–Crippen LogP) is 2.60. The number of benzene rings is 1. The fourth-order valence-corrected chi connectivity index (χ4v) is 2.39. The smallest absolute Gasteiger partial charge is 0.237 e. The number of amides is 1. The molecule has 1 rings (SSSR count). The minimum atomic E-state index is -0.456. The van der Waals surface area contributed by atoms with Gasteiger partial charge in [-0.3, -0.25) is 4.79 Å². The fourth-order valence-electron chi connectivity index (χ4n) is 1.60. The first-order chi connectivity index (χ1) is 8.56. The Balaban J connectivity index is 2.57. The van der Waals surface area contributed by atoms with Crippen molar-refractivity contribution in [3.8, 4) is 0 Å². The second-order valence-corrected chi connectivity index (χ2v) is 5.53. The highest BCUT2D eigenvalue weighted by molar-refractivity contribution is 7.98. The highest BCUT2D eigenvalue weighted by atomic mass is 35.5. The number of thioether (sulfide) groups is 1. The molecule has 100 valence electrons. The Bertz CT molecular complexity index is 400. The lowest BCUT2D eigenvalue weighted by molar-refractivity contribution is -0.123. The van der Waals surface area contributed by atoms with Crippen molar-refractivity contribution in [2.45, 2.75) is 25.4 Å². The molecule has 18 heavy (non-hydrogen) atoms. The van der Waals surface area contributed by atoms with Gasteiger partial charge < -0.3 is 11.1 Å². The van der Waals surface area contributed by atoms with Crippen LogP contribution in [0.5, 0.6) is 0 Å². The van der Waals surface area contributed by atoms with Crippen LogP contribution in [0.2, 0.25) is 5.02 Å². The predicted molar refractivity (Wildman–Crippen MR) is 79.0 cm³/mol. The summed E-state index contributed by atoms with van der Waals surface area (Å²) in [5, 5.41) is 3.54. The summed E-state index contributed by atoms with van der Waals surface area (Å²) < 4.78 is 0. The maximum atomic E-state index is 11.9. The van der Waals surface area contributed by atoms with E-state index in [1.54, 1.807) is 11.8 Å². The van der Waals surface area contributed by atoms with Gasteiger partial charge in [-0.05, 0) is 37.0 Å². The summed E-state index contributed by atoms with van der Waals surface area (Å²) in [6, 6.07) is 6.89. The van der Waals surface area contributed by atoms with E-state index in [4.69, 9.17) is 17.3 Å². The lowest BCUT2D eigenvalue weighted by Crippen LogP contribution is -2.42. The molecule has 0 aliphatic carbocycles. The zero-order valence-electron chi connectivity index (χ0n) is 10.7. The fraction of sp³-hybridized carbons (Fsp3) is 0.462. The molecule has 0 saturated carbocycles. The van der Waals surface area contributed by atoms with Crippen LogP contribution in [0.3, 0.4) is 0 Å². The van der Waals surface area contributed by atoms with Gasteiger partial charge in [-0.15, -0.1) is 0 Å². The first kappa shape index (κ1) is 15.3. The Kier molecular flexibility index (Phi) is 6.54. The summed E-state index contributed by atoms with van der Waals surface area (Å²) in [6.45, 7) is 1.90. The van der Waals surface area contributed by atoms with Gasteiger partial charge in [0.2, 0.25) is 5.91 Å². The minimum Gasteiger partial charge on any atom is -0.348 e. The number of carbonyl (C=O) groups excluding carboxylic acids is 1. The van der Waals surface area contributed by atoms with E-state index in [0.29, 0.717) is 11.4 Å². The van der Waals surface area contributed by atoms with Gasteiger partial charge in [0.1, 0.15) is 0 Å². The second kappa shape index (κ2) is 7.67. The van der Waals surface area contributed by atoms with Gasteiger partial charge in [-0.1, -0.05) is 29.8 Å². The highest BCUT2D eigenvalue weighted by Gasteiger charge is 2.17. The zero-order chi connectivity index (χ0) is 13.5. The highest BCUT2D eigenvalue weighted by Crippen LogP contribution is 2.22. The molecular formula is C13H19ClN2OS. The molecule has 0 bridgehead atoms. The molecule has 0 saturated heterocycles. The summed E-state index contributed by atoms with van der Waals surface area (Å²) in [4.78, 5) is 11.9. The van der Waals surface area contributed by atoms with E-state index in [0.717, 1.165) is 11.3 Å².